The van der Waals surface area contributed by atoms with E-state index in [4.69, 9.17) is 5.73 Å². The minimum Gasteiger partial charge on any atom is -0.396 e. The lowest BCUT2D eigenvalue weighted by Crippen LogP contribution is -2.34. The molecule has 1 rings (SSSR count). The van der Waals surface area contributed by atoms with Crippen molar-refractivity contribution in [1.82, 2.24) is 4.72 Å². The van der Waals surface area contributed by atoms with E-state index < -0.39 is 15.8 Å². The molecule has 1 aromatic rings. The van der Waals surface area contributed by atoms with Gasteiger partial charge in [0.15, 0.2) is 0 Å². The predicted octanol–water partition coefficient (Wildman–Crippen LogP) is 2.64. The highest BCUT2D eigenvalue weighted by atomic mass is 79.9. The summed E-state index contributed by atoms with van der Waals surface area (Å²) in [6.07, 6.45) is 1.37. The Balaban J connectivity index is 3.16. The lowest BCUT2D eigenvalue weighted by atomic mass is 10.2. The Morgan fingerprint density at radius 3 is 2.44 bits per heavy atom. The largest absolute Gasteiger partial charge is 0.396 e. The van der Waals surface area contributed by atoms with E-state index >= 15 is 0 Å². The van der Waals surface area contributed by atoms with Crippen molar-refractivity contribution in [1.29, 1.82) is 0 Å². The van der Waals surface area contributed by atoms with E-state index in [1.54, 1.807) is 0 Å². The zero-order valence-electron chi connectivity index (χ0n) is 10.2. The molecule has 3 N–H and O–H groups in total. The first kappa shape index (κ1) is 15.4. The van der Waals surface area contributed by atoms with Gasteiger partial charge in [-0.1, -0.05) is 13.8 Å². The standard InChI is InChI=1S/C11H16BrFN2O2S/c1-3-7(4-2)15-18(16,17)11-6-10(14)9(13)5-8(11)12/h5-7,15H,3-4,14H2,1-2H3. The Morgan fingerprint density at radius 2 is 1.94 bits per heavy atom. The number of hydrogen-bond donors (Lipinski definition) is 2. The molecular formula is C11H16BrFN2O2S. The van der Waals surface area contributed by atoms with Gasteiger partial charge in [0.05, 0.1) is 10.6 Å². The minimum atomic E-state index is -3.70. The van der Waals surface area contributed by atoms with Crippen LogP contribution in [0.5, 0.6) is 0 Å². The average molecular weight is 339 g/mol. The van der Waals surface area contributed by atoms with Gasteiger partial charge in [-0.05, 0) is 40.9 Å². The van der Waals surface area contributed by atoms with E-state index in [-0.39, 0.29) is 21.1 Å². The number of nitrogen functional groups attached to an aromatic ring is 1. The SMILES string of the molecule is CCC(CC)NS(=O)(=O)c1cc(N)c(F)cc1Br. The lowest BCUT2D eigenvalue weighted by Gasteiger charge is -2.16. The molecule has 0 saturated heterocycles. The normalized spacial score (nSPS) is 12.1. The van der Waals surface area contributed by atoms with Crippen molar-refractivity contribution in [3.05, 3.63) is 22.4 Å². The Kier molecular flexibility index (Phi) is 5.12. The van der Waals surface area contributed by atoms with Gasteiger partial charge in [-0.15, -0.1) is 0 Å². The fourth-order valence-electron chi connectivity index (χ4n) is 1.49. The van der Waals surface area contributed by atoms with Gasteiger partial charge in [-0.25, -0.2) is 17.5 Å². The van der Waals surface area contributed by atoms with Crippen LogP contribution in [0.2, 0.25) is 0 Å². The third-order valence-corrected chi connectivity index (χ3v) is 5.13. The molecular weight excluding hydrogens is 323 g/mol. The fraction of sp³-hybridized carbons (Fsp3) is 0.455. The number of nitrogens with one attached hydrogen (secondary N) is 1. The number of rotatable bonds is 5. The van der Waals surface area contributed by atoms with Gasteiger partial charge in [0, 0.05) is 10.5 Å². The molecule has 0 fully saturated rings. The van der Waals surface area contributed by atoms with Gasteiger partial charge < -0.3 is 5.73 Å². The molecule has 7 heteroatoms. The molecule has 4 nitrogen and oxygen atoms in total. The molecule has 0 aromatic heterocycles. The van der Waals surface area contributed by atoms with Crippen LogP contribution < -0.4 is 10.5 Å². The van der Waals surface area contributed by atoms with E-state index in [1.807, 2.05) is 13.8 Å². The van der Waals surface area contributed by atoms with Gasteiger partial charge in [-0.3, -0.25) is 0 Å². The second kappa shape index (κ2) is 5.99. The van der Waals surface area contributed by atoms with Crippen LogP contribution in [0.3, 0.4) is 0 Å². The van der Waals surface area contributed by atoms with Crippen LogP contribution in [0.1, 0.15) is 26.7 Å². The molecule has 0 aliphatic rings. The smallest absolute Gasteiger partial charge is 0.242 e. The number of anilines is 1. The molecule has 0 heterocycles. The fourth-order valence-corrected chi connectivity index (χ4v) is 3.94. The number of sulfonamides is 1. The highest BCUT2D eigenvalue weighted by Crippen LogP contribution is 2.27. The highest BCUT2D eigenvalue weighted by molar-refractivity contribution is 9.10. The molecule has 0 bridgehead atoms. The highest BCUT2D eigenvalue weighted by Gasteiger charge is 2.22. The summed E-state index contributed by atoms with van der Waals surface area (Å²) in [5, 5.41) is 0. The third kappa shape index (κ3) is 3.43. The zero-order chi connectivity index (χ0) is 13.9. The van der Waals surface area contributed by atoms with Crippen LogP contribution in [0.15, 0.2) is 21.5 Å². The number of nitrogens with two attached hydrogens (primary N) is 1. The third-order valence-electron chi connectivity index (χ3n) is 2.65. The monoisotopic (exact) mass is 338 g/mol. The van der Waals surface area contributed by atoms with Gasteiger partial charge >= 0.3 is 0 Å². The summed E-state index contributed by atoms with van der Waals surface area (Å²) >= 11 is 3.04. The van der Waals surface area contributed by atoms with Crippen molar-refractivity contribution in [2.75, 3.05) is 5.73 Å². The maximum absolute atomic E-state index is 13.2. The summed E-state index contributed by atoms with van der Waals surface area (Å²) in [6.45, 7) is 3.79. The van der Waals surface area contributed by atoms with Gasteiger partial charge in [0.25, 0.3) is 0 Å². The molecule has 0 aliphatic heterocycles. The lowest BCUT2D eigenvalue weighted by molar-refractivity contribution is 0.529. The first-order valence-corrected chi connectivity index (χ1v) is 7.86. The van der Waals surface area contributed by atoms with E-state index in [2.05, 4.69) is 20.7 Å². The van der Waals surface area contributed by atoms with Crippen LogP contribution in [0.25, 0.3) is 0 Å². The number of benzene rings is 1. The van der Waals surface area contributed by atoms with Gasteiger partial charge in [0.1, 0.15) is 5.82 Å². The maximum Gasteiger partial charge on any atom is 0.242 e. The first-order valence-electron chi connectivity index (χ1n) is 5.58. The van der Waals surface area contributed by atoms with Crippen molar-refractivity contribution in [2.45, 2.75) is 37.6 Å². The quantitative estimate of drug-likeness (QED) is 0.810. The summed E-state index contributed by atoms with van der Waals surface area (Å²) in [7, 11) is -3.70. The Bertz CT molecular complexity index is 530. The summed E-state index contributed by atoms with van der Waals surface area (Å²) in [5.74, 6) is -0.650. The Labute approximate surface area is 115 Å². The Hall–Kier alpha value is -0.660. The van der Waals surface area contributed by atoms with Crippen molar-refractivity contribution in [3.63, 3.8) is 0 Å². The molecule has 0 saturated carbocycles. The molecule has 0 radical (unpaired) electrons. The summed E-state index contributed by atoms with van der Waals surface area (Å²) in [4.78, 5) is -0.0479. The van der Waals surface area contributed by atoms with Crippen molar-refractivity contribution in [2.24, 2.45) is 0 Å². The molecule has 1 aromatic carbocycles. The molecule has 102 valence electrons. The summed E-state index contributed by atoms with van der Waals surface area (Å²) < 4.78 is 40.1. The van der Waals surface area contributed by atoms with Crippen LogP contribution in [0, 0.1) is 5.82 Å². The van der Waals surface area contributed by atoms with Crippen molar-refractivity contribution in [3.8, 4) is 0 Å². The number of hydrogen-bond acceptors (Lipinski definition) is 3. The number of halogens is 2. The molecule has 0 spiro atoms. The molecule has 0 atom stereocenters. The molecule has 0 unspecified atom stereocenters. The maximum atomic E-state index is 13.2. The van der Waals surface area contributed by atoms with Gasteiger partial charge in [-0.2, -0.15) is 0 Å². The van der Waals surface area contributed by atoms with E-state index in [0.717, 1.165) is 12.1 Å². The first-order chi connectivity index (χ1) is 8.31. The second-order valence-corrected chi connectivity index (χ2v) is 6.48. The van der Waals surface area contributed by atoms with Crippen molar-refractivity contribution < 1.29 is 12.8 Å². The summed E-state index contributed by atoms with van der Waals surface area (Å²) in [5.41, 5.74) is 5.20. The van der Waals surface area contributed by atoms with Crippen LogP contribution in [0.4, 0.5) is 10.1 Å². The molecule has 0 amide bonds. The van der Waals surface area contributed by atoms with E-state index in [1.165, 1.54) is 0 Å². The predicted molar refractivity (Wildman–Crippen MR) is 73.2 cm³/mol. The second-order valence-electron chi connectivity index (χ2n) is 3.94. The summed E-state index contributed by atoms with van der Waals surface area (Å²) in [6, 6.07) is 2.02. The van der Waals surface area contributed by atoms with E-state index in [9.17, 15) is 12.8 Å². The topological polar surface area (TPSA) is 72.2 Å². The zero-order valence-corrected chi connectivity index (χ0v) is 12.6. The van der Waals surface area contributed by atoms with Crippen molar-refractivity contribution >= 4 is 31.6 Å². The minimum absolute atomic E-state index is 0.0479. The molecule has 0 aliphatic carbocycles. The van der Waals surface area contributed by atoms with Crippen LogP contribution in [-0.2, 0) is 10.0 Å². The van der Waals surface area contributed by atoms with Crippen LogP contribution >= 0.6 is 15.9 Å². The average Bonchev–Trinajstić information content (AvgIpc) is 2.30. The Morgan fingerprint density at radius 1 is 1.39 bits per heavy atom. The molecule has 18 heavy (non-hydrogen) atoms. The van der Waals surface area contributed by atoms with E-state index in [0.29, 0.717) is 12.8 Å². The van der Waals surface area contributed by atoms with Crippen LogP contribution in [-0.4, -0.2) is 14.5 Å². The van der Waals surface area contributed by atoms with Gasteiger partial charge in [0.2, 0.25) is 10.0 Å².